The van der Waals surface area contributed by atoms with Crippen LogP contribution in [-0.2, 0) is 4.74 Å². The highest BCUT2D eigenvalue weighted by molar-refractivity contribution is 5.96. The fraction of sp³-hybridized carbons (Fsp3) is 0.389. The molecule has 7 heteroatoms. The molecular formula is C18H19N3O4. The molecule has 0 aliphatic carbocycles. The molecule has 1 aliphatic heterocycles. The van der Waals surface area contributed by atoms with E-state index in [0.29, 0.717) is 37.2 Å². The van der Waals surface area contributed by atoms with Crippen molar-refractivity contribution in [2.75, 3.05) is 19.7 Å². The number of nitrogens with zero attached hydrogens (tertiary/aromatic N) is 3. The van der Waals surface area contributed by atoms with Crippen LogP contribution in [-0.4, -0.2) is 40.7 Å². The Kier molecular flexibility index (Phi) is 3.80. The van der Waals surface area contributed by atoms with Gasteiger partial charge in [-0.05, 0) is 43.2 Å². The molecule has 0 radical (unpaired) electrons. The van der Waals surface area contributed by atoms with Crippen molar-refractivity contribution >= 4 is 16.9 Å². The van der Waals surface area contributed by atoms with Gasteiger partial charge < -0.3 is 18.5 Å². The molecular weight excluding hydrogens is 322 g/mol. The van der Waals surface area contributed by atoms with E-state index >= 15 is 0 Å². The summed E-state index contributed by atoms with van der Waals surface area (Å²) >= 11 is 0. The highest BCUT2D eigenvalue weighted by Gasteiger charge is 2.30. The Labute approximate surface area is 144 Å². The molecule has 2 aromatic heterocycles. The van der Waals surface area contributed by atoms with Gasteiger partial charge >= 0.3 is 0 Å². The molecule has 3 heterocycles. The van der Waals surface area contributed by atoms with Gasteiger partial charge in [-0.25, -0.2) is 0 Å². The number of fused-ring (bicyclic) bond motifs is 1. The fourth-order valence-corrected chi connectivity index (χ4v) is 2.99. The summed E-state index contributed by atoms with van der Waals surface area (Å²) in [5.74, 6) is 1.05. The Morgan fingerprint density at radius 3 is 2.68 bits per heavy atom. The first-order valence-electron chi connectivity index (χ1n) is 8.23. The third-order valence-electron chi connectivity index (χ3n) is 4.51. The lowest BCUT2D eigenvalue weighted by Crippen LogP contribution is -2.42. The molecule has 1 aliphatic rings. The Bertz CT molecular complexity index is 904. The number of carbonyl (C=O) groups excluding carboxylic acids is 1. The lowest BCUT2D eigenvalue weighted by Gasteiger charge is -2.30. The van der Waals surface area contributed by atoms with E-state index in [1.807, 2.05) is 26.0 Å². The normalized spacial score (nSPS) is 18.0. The second-order valence-corrected chi connectivity index (χ2v) is 6.35. The zero-order valence-corrected chi connectivity index (χ0v) is 14.4. The molecule has 1 amide bonds. The van der Waals surface area contributed by atoms with E-state index in [4.69, 9.17) is 13.6 Å². The van der Waals surface area contributed by atoms with E-state index in [-0.39, 0.29) is 5.91 Å². The summed E-state index contributed by atoms with van der Waals surface area (Å²) in [6.07, 6.45) is -0.409. The van der Waals surface area contributed by atoms with Crippen LogP contribution < -0.4 is 0 Å². The summed E-state index contributed by atoms with van der Waals surface area (Å²) in [6, 6.07) is 5.80. The van der Waals surface area contributed by atoms with Gasteiger partial charge in [-0.15, -0.1) is 10.2 Å². The molecule has 0 spiro atoms. The van der Waals surface area contributed by atoms with Crippen LogP contribution in [0.25, 0.3) is 11.0 Å². The molecule has 0 saturated carbocycles. The van der Waals surface area contributed by atoms with Crippen molar-refractivity contribution in [1.29, 1.82) is 0 Å². The molecule has 4 rings (SSSR count). The zero-order valence-electron chi connectivity index (χ0n) is 14.4. The number of rotatable bonds is 2. The van der Waals surface area contributed by atoms with Gasteiger partial charge in [0.15, 0.2) is 11.9 Å². The van der Waals surface area contributed by atoms with E-state index in [0.717, 1.165) is 16.5 Å². The summed E-state index contributed by atoms with van der Waals surface area (Å²) in [4.78, 5) is 14.5. The first-order valence-corrected chi connectivity index (χ1v) is 8.23. The molecule has 25 heavy (non-hydrogen) atoms. The summed E-state index contributed by atoms with van der Waals surface area (Å²) in [6.45, 7) is 7.06. The standard InChI is InChI=1S/C18H19N3O4/c1-10-6-13-8-15(25-14(13)7-11(10)2)18(22)21-4-5-23-16(9-21)17-20-19-12(3)24-17/h6-8,16H,4-5,9H2,1-3H3/t16-/m0/s1. The minimum absolute atomic E-state index is 0.156. The monoisotopic (exact) mass is 341 g/mol. The van der Waals surface area contributed by atoms with Gasteiger partial charge in [-0.1, -0.05) is 0 Å². The second kappa shape index (κ2) is 6.00. The lowest BCUT2D eigenvalue weighted by atomic mass is 10.1. The Morgan fingerprint density at radius 2 is 1.92 bits per heavy atom. The maximum Gasteiger partial charge on any atom is 0.289 e. The van der Waals surface area contributed by atoms with Crippen LogP contribution in [0, 0.1) is 20.8 Å². The van der Waals surface area contributed by atoms with Crippen LogP contribution >= 0.6 is 0 Å². The average Bonchev–Trinajstić information content (AvgIpc) is 3.21. The summed E-state index contributed by atoms with van der Waals surface area (Å²) < 4.78 is 16.9. The number of benzene rings is 1. The smallest absolute Gasteiger partial charge is 0.289 e. The van der Waals surface area contributed by atoms with E-state index < -0.39 is 6.10 Å². The highest BCUT2D eigenvalue weighted by Crippen LogP contribution is 2.26. The zero-order chi connectivity index (χ0) is 17.6. The van der Waals surface area contributed by atoms with Crippen LogP contribution in [0.4, 0.5) is 0 Å². The Balaban J connectivity index is 1.57. The quantitative estimate of drug-likeness (QED) is 0.713. The first kappa shape index (κ1) is 15.8. The van der Waals surface area contributed by atoms with Crippen molar-refractivity contribution in [3.05, 3.63) is 46.9 Å². The molecule has 1 fully saturated rings. The van der Waals surface area contributed by atoms with Gasteiger partial charge in [0, 0.05) is 18.9 Å². The topological polar surface area (TPSA) is 81.6 Å². The molecule has 7 nitrogen and oxygen atoms in total. The highest BCUT2D eigenvalue weighted by atomic mass is 16.5. The molecule has 0 N–H and O–H groups in total. The number of carbonyl (C=O) groups is 1. The van der Waals surface area contributed by atoms with Gasteiger partial charge in [-0.2, -0.15) is 0 Å². The first-order chi connectivity index (χ1) is 12.0. The number of furan rings is 1. The minimum Gasteiger partial charge on any atom is -0.451 e. The van der Waals surface area contributed by atoms with Gasteiger partial charge in [0.05, 0.1) is 13.2 Å². The van der Waals surface area contributed by atoms with Crippen LogP contribution in [0.15, 0.2) is 27.0 Å². The Morgan fingerprint density at radius 1 is 1.12 bits per heavy atom. The minimum atomic E-state index is -0.409. The van der Waals surface area contributed by atoms with Gasteiger partial charge in [0.1, 0.15) is 5.58 Å². The summed E-state index contributed by atoms with van der Waals surface area (Å²) in [5.41, 5.74) is 3.04. The van der Waals surface area contributed by atoms with Gasteiger partial charge in [0.2, 0.25) is 11.8 Å². The summed E-state index contributed by atoms with van der Waals surface area (Å²) in [7, 11) is 0. The maximum absolute atomic E-state index is 12.8. The summed E-state index contributed by atoms with van der Waals surface area (Å²) in [5, 5.41) is 8.74. The van der Waals surface area contributed by atoms with Crippen molar-refractivity contribution in [2.24, 2.45) is 0 Å². The molecule has 3 aromatic rings. The molecule has 0 bridgehead atoms. The molecule has 1 saturated heterocycles. The number of aromatic nitrogens is 2. The van der Waals surface area contributed by atoms with Crippen LogP contribution in [0.5, 0.6) is 0 Å². The van der Waals surface area contributed by atoms with Crippen LogP contribution in [0.1, 0.15) is 39.6 Å². The third kappa shape index (κ3) is 2.91. The maximum atomic E-state index is 12.8. The largest absolute Gasteiger partial charge is 0.451 e. The van der Waals surface area contributed by atoms with Crippen molar-refractivity contribution < 1.29 is 18.4 Å². The van der Waals surface area contributed by atoms with Gasteiger partial charge in [-0.3, -0.25) is 4.79 Å². The van der Waals surface area contributed by atoms with E-state index in [2.05, 4.69) is 10.2 Å². The van der Waals surface area contributed by atoms with Gasteiger partial charge in [0.25, 0.3) is 5.91 Å². The Hall–Kier alpha value is -2.67. The molecule has 1 aromatic carbocycles. The number of aryl methyl sites for hydroxylation is 3. The molecule has 0 unspecified atom stereocenters. The van der Waals surface area contributed by atoms with Crippen molar-refractivity contribution in [3.63, 3.8) is 0 Å². The van der Waals surface area contributed by atoms with Crippen LogP contribution in [0.3, 0.4) is 0 Å². The lowest BCUT2D eigenvalue weighted by molar-refractivity contribution is -0.0356. The van der Waals surface area contributed by atoms with E-state index in [1.165, 1.54) is 5.56 Å². The van der Waals surface area contributed by atoms with Crippen LogP contribution in [0.2, 0.25) is 0 Å². The van der Waals surface area contributed by atoms with Crippen molar-refractivity contribution in [1.82, 2.24) is 15.1 Å². The number of hydrogen-bond donors (Lipinski definition) is 0. The number of morpholine rings is 1. The predicted octanol–water partition coefficient (Wildman–Crippen LogP) is 2.95. The second-order valence-electron chi connectivity index (χ2n) is 6.35. The SMILES string of the molecule is Cc1nnc([C@@H]2CN(C(=O)c3cc4cc(C)c(C)cc4o3)CCO2)o1. The predicted molar refractivity (Wildman–Crippen MR) is 89.3 cm³/mol. The molecule has 1 atom stereocenters. The number of ether oxygens (including phenoxy) is 1. The van der Waals surface area contributed by atoms with Crippen molar-refractivity contribution in [3.8, 4) is 0 Å². The van der Waals surface area contributed by atoms with E-state index in [1.54, 1.807) is 17.9 Å². The fourth-order valence-electron chi connectivity index (χ4n) is 2.99. The van der Waals surface area contributed by atoms with Crippen molar-refractivity contribution in [2.45, 2.75) is 26.9 Å². The number of amides is 1. The third-order valence-corrected chi connectivity index (χ3v) is 4.51. The molecule has 130 valence electrons. The number of hydrogen-bond acceptors (Lipinski definition) is 6. The average molecular weight is 341 g/mol. The van der Waals surface area contributed by atoms with E-state index in [9.17, 15) is 4.79 Å².